The van der Waals surface area contributed by atoms with Crippen molar-refractivity contribution in [3.05, 3.63) is 179 Å². The molecule has 2 N–H and O–H groups in total. The molecule has 9 rings (SSSR count). The van der Waals surface area contributed by atoms with Crippen LogP contribution in [-0.2, 0) is 16.5 Å². The van der Waals surface area contributed by atoms with Gasteiger partial charge in [-0.3, -0.25) is 0 Å². The predicted molar refractivity (Wildman–Crippen MR) is 197 cm³/mol. The van der Waals surface area contributed by atoms with Crippen molar-refractivity contribution in [1.82, 2.24) is 10.6 Å². The Morgan fingerprint density at radius 1 is 0.347 bits per heavy atom. The van der Waals surface area contributed by atoms with Crippen LogP contribution >= 0.6 is 0 Å². The van der Waals surface area contributed by atoms with Crippen LogP contribution in [0.2, 0.25) is 0 Å². The van der Waals surface area contributed by atoms with Crippen molar-refractivity contribution in [2.24, 2.45) is 0 Å². The summed E-state index contributed by atoms with van der Waals surface area (Å²) in [6.07, 6.45) is 14.3. The molecule has 3 fully saturated rings. The van der Waals surface area contributed by atoms with E-state index >= 15 is 0 Å². The molecule has 4 aromatic carbocycles. The van der Waals surface area contributed by atoms with Gasteiger partial charge >= 0.3 is 16.5 Å². The maximum Gasteiger partial charge on any atom is 2.00 e. The number of nitrogens with one attached hydrogen (secondary N) is 2. The molecule has 5 aliphatic heterocycles. The van der Waals surface area contributed by atoms with Gasteiger partial charge < -0.3 is 21.3 Å². The fraction of sp³-hybridized carbons (Fsp3) is 0.364. The second-order valence-corrected chi connectivity index (χ2v) is 14.7. The van der Waals surface area contributed by atoms with Crippen molar-refractivity contribution in [3.63, 3.8) is 0 Å². The first-order valence-electron chi connectivity index (χ1n) is 18.3. The van der Waals surface area contributed by atoms with E-state index in [1.807, 2.05) is 0 Å². The van der Waals surface area contributed by atoms with Gasteiger partial charge in [-0.2, -0.15) is 0 Å². The topological polar surface area (TPSA) is 52.3 Å². The van der Waals surface area contributed by atoms with E-state index in [9.17, 15) is 0 Å². The van der Waals surface area contributed by atoms with Crippen LogP contribution in [0.15, 0.2) is 146 Å². The number of benzene rings is 4. The molecule has 4 aromatic rings. The van der Waals surface area contributed by atoms with E-state index in [0.717, 1.165) is 25.7 Å². The molecule has 3 saturated heterocycles. The second kappa shape index (κ2) is 14.5. The molecule has 8 bridgehead atoms. The molecule has 49 heavy (non-hydrogen) atoms. The van der Waals surface area contributed by atoms with Gasteiger partial charge in [0.2, 0.25) is 0 Å². The van der Waals surface area contributed by atoms with E-state index in [0.29, 0.717) is 0 Å². The van der Waals surface area contributed by atoms with Gasteiger partial charge in [-0.1, -0.05) is 171 Å². The van der Waals surface area contributed by atoms with Gasteiger partial charge in [-0.05, 0) is 45.9 Å². The number of nitrogens with zero attached hydrogens (tertiary/aromatic N) is 2. The summed E-state index contributed by atoms with van der Waals surface area (Å²) in [5.41, 5.74) is 5.55. The van der Waals surface area contributed by atoms with Crippen LogP contribution < -0.4 is 10.6 Å². The van der Waals surface area contributed by atoms with Crippen LogP contribution in [0, 0.1) is 0 Å². The molecule has 12 atom stereocenters. The third-order valence-electron chi connectivity index (χ3n) is 12.0. The summed E-state index contributed by atoms with van der Waals surface area (Å²) in [4.78, 5) is 0. The van der Waals surface area contributed by atoms with E-state index in [2.05, 4.69) is 156 Å². The van der Waals surface area contributed by atoms with E-state index < -0.39 is 0 Å². The van der Waals surface area contributed by atoms with Crippen molar-refractivity contribution in [2.75, 3.05) is 0 Å². The minimum atomic E-state index is 0. The van der Waals surface area contributed by atoms with Gasteiger partial charge in [-0.25, -0.2) is 0 Å². The van der Waals surface area contributed by atoms with Crippen molar-refractivity contribution in [3.8, 4) is 0 Å². The summed E-state index contributed by atoms with van der Waals surface area (Å²) in [6, 6.07) is 46.7. The number of fused-ring (bicyclic) bond motifs is 8. The van der Waals surface area contributed by atoms with Crippen LogP contribution in [0.25, 0.3) is 10.6 Å². The van der Waals surface area contributed by atoms with Crippen LogP contribution in [-0.4, -0.2) is 48.3 Å². The van der Waals surface area contributed by atoms with Gasteiger partial charge in [0.1, 0.15) is 0 Å². The van der Waals surface area contributed by atoms with E-state index in [4.69, 9.17) is 10.6 Å². The van der Waals surface area contributed by atoms with E-state index in [1.54, 1.807) is 0 Å². The third-order valence-corrected chi connectivity index (χ3v) is 12.0. The minimum absolute atomic E-state index is 0. The molecule has 0 aromatic heterocycles. The molecule has 0 spiro atoms. The molecular weight excluding hydrogens is 643 g/mol. The minimum Gasteiger partial charge on any atom is -0.656 e. The first kappa shape index (κ1) is 32.9. The van der Waals surface area contributed by atoms with Gasteiger partial charge in [0.25, 0.3) is 0 Å². The Kier molecular flexibility index (Phi) is 9.73. The molecule has 5 heteroatoms. The summed E-state index contributed by atoms with van der Waals surface area (Å²) >= 11 is 0. The molecule has 4 nitrogen and oxygen atoms in total. The Morgan fingerprint density at radius 2 is 0.571 bits per heavy atom. The number of rotatable bonds is 4. The summed E-state index contributed by atoms with van der Waals surface area (Å²) in [5, 5.41) is 20.0. The Morgan fingerprint density at radius 3 is 0.796 bits per heavy atom. The summed E-state index contributed by atoms with van der Waals surface area (Å²) in [6.45, 7) is 0. The molecule has 12 unspecified atom stereocenters. The second-order valence-electron chi connectivity index (χ2n) is 14.7. The number of hydrogen-bond acceptors (Lipinski definition) is 2. The zero-order chi connectivity index (χ0) is 31.9. The Bertz CT molecular complexity index is 1460. The average molecular weight is 690 g/mol. The van der Waals surface area contributed by atoms with Crippen LogP contribution in [0.5, 0.6) is 0 Å². The van der Waals surface area contributed by atoms with Crippen LogP contribution in [0.1, 0.15) is 71.6 Å². The molecule has 5 heterocycles. The quantitative estimate of drug-likeness (QED) is 0.166. The summed E-state index contributed by atoms with van der Waals surface area (Å²) in [7, 11) is 0. The summed E-state index contributed by atoms with van der Waals surface area (Å²) < 4.78 is 0. The fourth-order valence-corrected chi connectivity index (χ4v) is 9.98. The van der Waals surface area contributed by atoms with Crippen molar-refractivity contribution >= 4 is 0 Å². The van der Waals surface area contributed by atoms with Crippen molar-refractivity contribution < 1.29 is 16.5 Å². The monoisotopic (exact) mass is 688 g/mol. The van der Waals surface area contributed by atoms with Gasteiger partial charge in [0.15, 0.2) is 0 Å². The third kappa shape index (κ3) is 6.41. The summed E-state index contributed by atoms with van der Waals surface area (Å²) in [5.74, 6) is 1.14. The maximum absolute atomic E-state index is 5.80. The normalized spacial score (nSPS) is 36.4. The van der Waals surface area contributed by atoms with Crippen LogP contribution in [0.4, 0.5) is 0 Å². The molecule has 0 radical (unpaired) electrons. The van der Waals surface area contributed by atoms with Crippen LogP contribution in [0.3, 0.4) is 0 Å². The number of hydrogen-bond donors (Lipinski definition) is 2. The predicted octanol–water partition coefficient (Wildman–Crippen LogP) is 8.74. The smallest absolute Gasteiger partial charge is 0.656 e. The van der Waals surface area contributed by atoms with E-state index in [1.165, 1.54) is 22.3 Å². The molecular formula is C44H46N4Ni. The molecule has 5 aliphatic rings. The Labute approximate surface area is 302 Å². The standard InChI is InChI=1S/C44H46N4.Ni/c1-5-13-29(14-6-1)41-33-21-23-35(45-33)42(30-15-7-2-8-16-30)37-25-27-39(47-37)44(32-19-11-4-12-20-32)40-28-26-38(48-40)43(31-17-9-3-10-18-31)36-24-22-34(41)46-36;/h1-21,23,26,28,33-45,48H,22,24-25,27H2;/q-2;+2. The molecule has 0 amide bonds. The first-order chi connectivity index (χ1) is 23.8. The Balaban J connectivity index is 0.00000348. The first-order valence-corrected chi connectivity index (χ1v) is 18.3. The SMILES string of the molecule is C1=CC2NC1C(c1ccccc1)C1CCC([N-]1)C(c1ccccc1)C1C=CC(N1)C(c1ccccc1)C1CCC([N-]1)C2c1ccccc1.[Ni+2]. The molecule has 0 saturated carbocycles. The van der Waals surface area contributed by atoms with Crippen molar-refractivity contribution in [2.45, 2.75) is 97.7 Å². The van der Waals surface area contributed by atoms with Crippen molar-refractivity contribution in [1.29, 1.82) is 0 Å². The zero-order valence-corrected chi connectivity index (χ0v) is 28.8. The van der Waals surface area contributed by atoms with Gasteiger partial charge in [0, 0.05) is 24.2 Å². The van der Waals surface area contributed by atoms with Gasteiger partial charge in [0.05, 0.1) is 0 Å². The zero-order valence-electron chi connectivity index (χ0n) is 27.8. The largest absolute Gasteiger partial charge is 2.00 e. The maximum atomic E-state index is 5.80. The Hall–Kier alpha value is -3.31. The molecule has 0 aliphatic carbocycles. The fourth-order valence-electron chi connectivity index (χ4n) is 9.98. The average Bonchev–Trinajstić information content (AvgIpc) is 3.98. The molecule has 252 valence electrons. The van der Waals surface area contributed by atoms with Gasteiger partial charge in [-0.15, -0.1) is 24.2 Å². The van der Waals surface area contributed by atoms with E-state index in [-0.39, 0.29) is 88.5 Å².